The predicted octanol–water partition coefficient (Wildman–Crippen LogP) is 3.30. The number of carbonyl (C=O) groups excluding carboxylic acids is 2. The molecule has 0 radical (unpaired) electrons. The van der Waals surface area contributed by atoms with Gasteiger partial charge in [-0.25, -0.2) is 0 Å². The molecule has 0 spiro atoms. The number of hydrogen-bond acceptors (Lipinski definition) is 2. The Morgan fingerprint density at radius 2 is 2.08 bits per heavy atom. The van der Waals surface area contributed by atoms with Crippen molar-refractivity contribution in [2.45, 2.75) is 32.6 Å². The Balaban J connectivity index is 1.45. The third kappa shape index (κ3) is 2.76. The molecule has 128 valence electrons. The largest absolute Gasteiger partial charge is 0.361 e. The minimum atomic E-state index is -0.139. The van der Waals surface area contributed by atoms with Gasteiger partial charge in [-0.1, -0.05) is 18.2 Å². The Morgan fingerprint density at radius 1 is 1.24 bits per heavy atom. The average Bonchev–Trinajstić information content (AvgIpc) is 3.17. The van der Waals surface area contributed by atoms with Crippen LogP contribution in [0.4, 0.5) is 0 Å². The zero-order valence-corrected chi connectivity index (χ0v) is 14.2. The number of nitrogens with one attached hydrogen (secondary N) is 3. The summed E-state index contributed by atoms with van der Waals surface area (Å²) in [5.41, 5.74) is 5.25. The van der Waals surface area contributed by atoms with Crippen LogP contribution in [0.5, 0.6) is 0 Å². The van der Waals surface area contributed by atoms with Crippen molar-refractivity contribution in [2.75, 3.05) is 6.54 Å². The number of hydrogen-bond donors (Lipinski definition) is 3. The number of H-pyrrole nitrogens is 2. The first-order valence-electron chi connectivity index (χ1n) is 8.73. The van der Waals surface area contributed by atoms with Crippen molar-refractivity contribution in [3.63, 3.8) is 0 Å². The summed E-state index contributed by atoms with van der Waals surface area (Å²) in [4.78, 5) is 31.0. The van der Waals surface area contributed by atoms with Crippen LogP contribution >= 0.6 is 0 Å². The minimum Gasteiger partial charge on any atom is -0.361 e. The molecule has 4 rings (SSSR count). The molecule has 1 aromatic carbocycles. The normalized spacial score (nSPS) is 13.9. The van der Waals surface area contributed by atoms with Crippen LogP contribution in [0.25, 0.3) is 10.9 Å². The molecule has 0 atom stereocenters. The number of rotatable bonds is 4. The fraction of sp³-hybridized carbons (Fsp3) is 0.300. The lowest BCUT2D eigenvalue weighted by Gasteiger charge is -2.09. The van der Waals surface area contributed by atoms with Crippen molar-refractivity contribution in [1.29, 1.82) is 0 Å². The number of aromatic nitrogens is 2. The smallest absolute Gasteiger partial charge is 0.268 e. The maximum Gasteiger partial charge on any atom is 0.268 e. The number of fused-ring (bicyclic) bond motifs is 2. The Morgan fingerprint density at radius 3 is 2.92 bits per heavy atom. The summed E-state index contributed by atoms with van der Waals surface area (Å²) in [5.74, 6) is 0.00684. The van der Waals surface area contributed by atoms with E-state index >= 15 is 0 Å². The van der Waals surface area contributed by atoms with E-state index in [1.807, 2.05) is 31.3 Å². The summed E-state index contributed by atoms with van der Waals surface area (Å²) in [5, 5.41) is 4.16. The molecule has 3 N–H and O–H groups in total. The van der Waals surface area contributed by atoms with Crippen LogP contribution in [-0.4, -0.2) is 28.2 Å². The van der Waals surface area contributed by atoms with E-state index < -0.39 is 0 Å². The molecule has 0 bridgehead atoms. The van der Waals surface area contributed by atoms with Crippen LogP contribution < -0.4 is 5.32 Å². The van der Waals surface area contributed by atoms with Crippen LogP contribution in [0.3, 0.4) is 0 Å². The number of benzene rings is 1. The molecule has 0 saturated heterocycles. The Bertz CT molecular complexity index is 965. The van der Waals surface area contributed by atoms with Crippen molar-refractivity contribution in [1.82, 2.24) is 15.3 Å². The predicted molar refractivity (Wildman–Crippen MR) is 97.1 cm³/mol. The van der Waals surface area contributed by atoms with E-state index in [0.717, 1.165) is 41.6 Å². The highest BCUT2D eigenvalue weighted by molar-refractivity contribution is 6.04. The average molecular weight is 335 g/mol. The molecule has 25 heavy (non-hydrogen) atoms. The third-order valence-electron chi connectivity index (χ3n) is 5.02. The highest BCUT2D eigenvalue weighted by atomic mass is 16.2. The molecule has 5 heteroatoms. The summed E-state index contributed by atoms with van der Waals surface area (Å²) in [7, 11) is 0. The highest BCUT2D eigenvalue weighted by Crippen LogP contribution is 2.26. The first-order valence-corrected chi connectivity index (χ1v) is 8.73. The van der Waals surface area contributed by atoms with Gasteiger partial charge in [0.05, 0.1) is 0 Å². The monoisotopic (exact) mass is 335 g/mol. The minimum absolute atomic E-state index is 0.139. The highest BCUT2D eigenvalue weighted by Gasteiger charge is 2.26. The number of para-hydroxylation sites is 1. The Hall–Kier alpha value is -2.82. The number of ketones is 1. The molecule has 1 amide bonds. The van der Waals surface area contributed by atoms with Gasteiger partial charge in [0, 0.05) is 41.3 Å². The van der Waals surface area contributed by atoms with Gasteiger partial charge in [0.1, 0.15) is 5.69 Å². The molecule has 5 nitrogen and oxygen atoms in total. The fourth-order valence-electron chi connectivity index (χ4n) is 3.74. The molecular formula is C20H21N3O2. The number of amides is 1. The van der Waals surface area contributed by atoms with Gasteiger partial charge in [0.15, 0.2) is 5.78 Å². The zero-order valence-electron chi connectivity index (χ0n) is 14.2. The van der Waals surface area contributed by atoms with Gasteiger partial charge in [-0.3, -0.25) is 9.59 Å². The van der Waals surface area contributed by atoms with Crippen LogP contribution in [0.1, 0.15) is 50.5 Å². The summed E-state index contributed by atoms with van der Waals surface area (Å²) in [6.07, 6.45) is 5.02. The summed E-state index contributed by atoms with van der Waals surface area (Å²) in [6, 6.07) is 8.14. The van der Waals surface area contributed by atoms with Crippen LogP contribution in [0, 0.1) is 6.92 Å². The van der Waals surface area contributed by atoms with E-state index in [1.165, 1.54) is 10.9 Å². The molecule has 0 aliphatic heterocycles. The molecule has 0 unspecified atom stereocenters. The fourth-order valence-corrected chi connectivity index (χ4v) is 3.74. The van der Waals surface area contributed by atoms with Gasteiger partial charge in [-0.05, 0) is 43.4 Å². The molecule has 2 heterocycles. The third-order valence-corrected chi connectivity index (χ3v) is 5.02. The van der Waals surface area contributed by atoms with Crippen molar-refractivity contribution < 1.29 is 9.59 Å². The lowest BCUT2D eigenvalue weighted by atomic mass is 9.94. The van der Waals surface area contributed by atoms with Crippen molar-refractivity contribution in [3.05, 3.63) is 58.5 Å². The van der Waals surface area contributed by atoms with Crippen LogP contribution in [0.15, 0.2) is 30.5 Å². The lowest BCUT2D eigenvalue weighted by Crippen LogP contribution is -2.26. The molecule has 3 aromatic rings. The molecule has 1 aliphatic rings. The lowest BCUT2D eigenvalue weighted by molar-refractivity contribution is 0.0948. The Kier molecular flexibility index (Phi) is 3.92. The summed E-state index contributed by atoms with van der Waals surface area (Å²) in [6.45, 7) is 2.41. The van der Waals surface area contributed by atoms with Gasteiger partial charge < -0.3 is 15.3 Å². The molecule has 2 aromatic heterocycles. The Labute approximate surface area is 145 Å². The van der Waals surface area contributed by atoms with E-state index in [0.29, 0.717) is 18.7 Å². The maximum atomic E-state index is 12.5. The van der Waals surface area contributed by atoms with Gasteiger partial charge in [0.25, 0.3) is 5.91 Å². The van der Waals surface area contributed by atoms with Gasteiger partial charge in [-0.2, -0.15) is 0 Å². The van der Waals surface area contributed by atoms with Crippen LogP contribution in [0.2, 0.25) is 0 Å². The second-order valence-corrected chi connectivity index (χ2v) is 6.62. The number of aryl methyl sites for hydroxylation is 1. The first-order chi connectivity index (χ1) is 12.1. The summed E-state index contributed by atoms with van der Waals surface area (Å²) >= 11 is 0. The standard InChI is InChI=1S/C20H21N3O2/c1-12-18-16(7-4-8-17(18)24)23-19(12)20(25)21-10-9-13-11-22-15-6-3-2-5-14(13)15/h2-3,5-6,11,22-23H,4,7-10H2,1H3,(H,21,25). The molecule has 1 aliphatic carbocycles. The number of Topliss-reactive ketones (excluding diaryl/α,β-unsaturated/α-hetero) is 1. The summed E-state index contributed by atoms with van der Waals surface area (Å²) < 4.78 is 0. The number of aromatic amines is 2. The topological polar surface area (TPSA) is 77.8 Å². The van der Waals surface area contributed by atoms with Crippen molar-refractivity contribution in [2.24, 2.45) is 0 Å². The van der Waals surface area contributed by atoms with E-state index in [4.69, 9.17) is 0 Å². The second-order valence-electron chi connectivity index (χ2n) is 6.62. The van der Waals surface area contributed by atoms with Crippen molar-refractivity contribution >= 4 is 22.6 Å². The molecule has 0 fully saturated rings. The zero-order chi connectivity index (χ0) is 17.4. The van der Waals surface area contributed by atoms with Crippen molar-refractivity contribution in [3.8, 4) is 0 Å². The van der Waals surface area contributed by atoms with E-state index in [1.54, 1.807) is 0 Å². The first kappa shape index (κ1) is 15.7. The van der Waals surface area contributed by atoms with E-state index in [-0.39, 0.29) is 11.7 Å². The molecule has 0 saturated carbocycles. The second kappa shape index (κ2) is 6.24. The SMILES string of the molecule is Cc1c(C(=O)NCCc2c[nH]c3ccccc23)[nH]c2c1C(=O)CCC2. The van der Waals surface area contributed by atoms with Gasteiger partial charge in [0.2, 0.25) is 0 Å². The van der Waals surface area contributed by atoms with E-state index in [2.05, 4.69) is 21.4 Å². The van der Waals surface area contributed by atoms with Crippen LogP contribution in [-0.2, 0) is 12.8 Å². The maximum absolute atomic E-state index is 12.5. The van der Waals surface area contributed by atoms with E-state index in [9.17, 15) is 9.59 Å². The van der Waals surface area contributed by atoms with Gasteiger partial charge >= 0.3 is 0 Å². The molecular weight excluding hydrogens is 314 g/mol. The quantitative estimate of drug-likeness (QED) is 0.684. The van der Waals surface area contributed by atoms with Gasteiger partial charge in [-0.15, -0.1) is 0 Å². The number of carbonyl (C=O) groups is 2.